The zero-order valence-corrected chi connectivity index (χ0v) is 21.7. The lowest BCUT2D eigenvalue weighted by Crippen LogP contribution is -1.91. The van der Waals surface area contributed by atoms with Crippen molar-refractivity contribution < 1.29 is 4.42 Å². The third-order valence-corrected chi connectivity index (χ3v) is 7.60. The first kappa shape index (κ1) is 23.3. The van der Waals surface area contributed by atoms with Gasteiger partial charge in [-0.1, -0.05) is 133 Å². The Labute approximate surface area is 228 Å². The Morgan fingerprint density at radius 1 is 0.410 bits per heavy atom. The van der Waals surface area contributed by atoms with Crippen LogP contribution in [0.25, 0.3) is 55.6 Å². The number of hydrogen-bond donors (Lipinski definition) is 0. The summed E-state index contributed by atoms with van der Waals surface area (Å²) in [6.45, 7) is 0. The van der Waals surface area contributed by atoms with E-state index in [-0.39, 0.29) is 0 Å². The number of benzene rings is 6. The van der Waals surface area contributed by atoms with Crippen molar-refractivity contribution in [3.8, 4) is 0 Å². The van der Waals surface area contributed by atoms with Crippen molar-refractivity contribution in [1.82, 2.24) is 0 Å². The topological polar surface area (TPSA) is 13.1 Å². The molecule has 1 heterocycles. The molecule has 39 heavy (non-hydrogen) atoms. The number of allylic oxidation sites excluding steroid dienone is 2. The Morgan fingerprint density at radius 3 is 1.33 bits per heavy atom. The van der Waals surface area contributed by atoms with E-state index in [2.05, 4.69) is 109 Å². The van der Waals surface area contributed by atoms with E-state index in [0.717, 1.165) is 24.0 Å². The van der Waals surface area contributed by atoms with Gasteiger partial charge in [0.1, 0.15) is 11.2 Å². The van der Waals surface area contributed by atoms with Crippen LogP contribution in [-0.4, -0.2) is 0 Å². The molecule has 1 heteroatoms. The minimum absolute atomic E-state index is 0.962. The van der Waals surface area contributed by atoms with Gasteiger partial charge in [-0.25, -0.2) is 0 Å². The summed E-state index contributed by atoms with van der Waals surface area (Å²) in [5.74, 6) is 0. The van der Waals surface area contributed by atoms with Crippen LogP contribution in [0, 0.1) is 0 Å². The number of hydrogen-bond acceptors (Lipinski definition) is 1. The molecular weight excluding hydrogens is 472 g/mol. The average molecular weight is 501 g/mol. The van der Waals surface area contributed by atoms with Crippen LogP contribution in [0.2, 0.25) is 0 Å². The van der Waals surface area contributed by atoms with Gasteiger partial charge in [-0.3, -0.25) is 0 Å². The molecule has 0 atom stereocenters. The highest BCUT2D eigenvalue weighted by Crippen LogP contribution is 2.29. The first-order valence-electron chi connectivity index (χ1n) is 13.6. The van der Waals surface area contributed by atoms with Gasteiger partial charge in [0.15, 0.2) is 0 Å². The number of para-hydroxylation sites is 2. The van der Waals surface area contributed by atoms with Crippen LogP contribution in [0.3, 0.4) is 0 Å². The van der Waals surface area contributed by atoms with E-state index >= 15 is 0 Å². The Kier molecular flexibility index (Phi) is 6.03. The summed E-state index contributed by atoms with van der Waals surface area (Å²) in [5.41, 5.74) is 7.55. The van der Waals surface area contributed by atoms with Crippen molar-refractivity contribution in [2.75, 3.05) is 0 Å². The molecule has 0 radical (unpaired) electrons. The van der Waals surface area contributed by atoms with Gasteiger partial charge in [-0.15, -0.1) is 0 Å². The molecule has 1 aromatic heterocycles. The second-order valence-electron chi connectivity index (χ2n) is 10.0. The molecule has 0 amide bonds. The Balaban J connectivity index is 0.0000000974. The zero-order valence-electron chi connectivity index (χ0n) is 21.7. The second-order valence-corrected chi connectivity index (χ2v) is 10.0. The third-order valence-electron chi connectivity index (χ3n) is 7.60. The monoisotopic (exact) mass is 500 g/mol. The van der Waals surface area contributed by atoms with Gasteiger partial charge in [0.05, 0.1) is 0 Å². The quantitative estimate of drug-likeness (QED) is 0.202. The number of fused-ring (bicyclic) bond motifs is 3. The molecule has 0 unspecified atom stereocenters. The average Bonchev–Trinajstić information content (AvgIpc) is 3.38. The lowest BCUT2D eigenvalue weighted by molar-refractivity contribution is 0.669. The standard InChI is InChI=1S/2C13H10.C12H8O/c2*1-4-10-6-2-8-12-9-3-7-11(5-1)13(10)12;1-3-7-11-9(5-1)10-6-2-4-8-12(10)13-11/h2*1-8H,9H2;1-8H. The number of rotatable bonds is 0. The molecule has 186 valence electrons. The number of furan rings is 1. The van der Waals surface area contributed by atoms with Crippen LogP contribution in [0.1, 0.15) is 22.3 Å². The van der Waals surface area contributed by atoms with E-state index in [4.69, 9.17) is 4.42 Å². The summed E-state index contributed by atoms with van der Waals surface area (Å²) >= 11 is 0. The van der Waals surface area contributed by atoms with Gasteiger partial charge in [-0.05, 0) is 68.8 Å². The van der Waals surface area contributed by atoms with Crippen LogP contribution in [-0.2, 0) is 12.8 Å². The highest BCUT2D eigenvalue weighted by Gasteiger charge is 2.07. The minimum Gasteiger partial charge on any atom is -0.456 e. The molecular formula is C38H28O. The van der Waals surface area contributed by atoms with E-state index in [9.17, 15) is 0 Å². The Hall–Kier alpha value is -4.88. The molecule has 2 aliphatic carbocycles. The van der Waals surface area contributed by atoms with E-state index in [1.165, 1.54) is 54.6 Å². The predicted molar refractivity (Wildman–Crippen MR) is 167 cm³/mol. The first-order valence-corrected chi connectivity index (χ1v) is 13.6. The predicted octanol–water partition coefficient (Wildman–Crippen LogP) is 10.4. The maximum atomic E-state index is 5.65. The van der Waals surface area contributed by atoms with Crippen molar-refractivity contribution in [3.05, 3.63) is 156 Å². The summed E-state index contributed by atoms with van der Waals surface area (Å²) in [6.07, 6.45) is 11.1. The van der Waals surface area contributed by atoms with Crippen molar-refractivity contribution in [2.45, 2.75) is 12.8 Å². The maximum absolute atomic E-state index is 5.65. The molecule has 0 bridgehead atoms. The summed E-state index contributed by atoms with van der Waals surface area (Å²) in [4.78, 5) is 0. The highest BCUT2D eigenvalue weighted by molar-refractivity contribution is 6.04. The van der Waals surface area contributed by atoms with Crippen molar-refractivity contribution in [3.63, 3.8) is 0 Å². The molecule has 2 aliphatic rings. The van der Waals surface area contributed by atoms with Gasteiger partial charge in [0, 0.05) is 10.8 Å². The Morgan fingerprint density at radius 2 is 0.846 bits per heavy atom. The molecule has 0 saturated carbocycles. The SMILES string of the molecule is C1=Cc2cccc3cccc(c23)C1.C1=Cc2cccc3cccc(c23)C1.c1ccc2c(c1)oc1ccccc12. The van der Waals surface area contributed by atoms with Gasteiger partial charge in [-0.2, -0.15) is 0 Å². The van der Waals surface area contributed by atoms with Gasteiger partial charge >= 0.3 is 0 Å². The summed E-state index contributed by atoms with van der Waals surface area (Å²) in [6, 6.07) is 42.3. The molecule has 7 aromatic rings. The van der Waals surface area contributed by atoms with Crippen LogP contribution < -0.4 is 0 Å². The van der Waals surface area contributed by atoms with Crippen LogP contribution in [0.15, 0.2) is 138 Å². The lowest BCUT2D eigenvalue weighted by Gasteiger charge is -2.11. The third kappa shape index (κ3) is 4.43. The molecule has 0 aliphatic heterocycles. The molecule has 9 rings (SSSR count). The fraction of sp³-hybridized carbons (Fsp3) is 0.0526. The Bertz CT molecular complexity index is 1860. The van der Waals surface area contributed by atoms with Gasteiger partial charge in [0.2, 0.25) is 0 Å². The van der Waals surface area contributed by atoms with E-state index in [0.29, 0.717) is 0 Å². The molecule has 0 saturated heterocycles. The molecule has 6 aromatic carbocycles. The van der Waals surface area contributed by atoms with Gasteiger partial charge in [0.25, 0.3) is 0 Å². The van der Waals surface area contributed by atoms with Crippen LogP contribution in [0.5, 0.6) is 0 Å². The fourth-order valence-electron chi connectivity index (χ4n) is 5.82. The molecule has 0 N–H and O–H groups in total. The first-order chi connectivity index (χ1) is 19.3. The largest absolute Gasteiger partial charge is 0.456 e. The van der Waals surface area contributed by atoms with E-state index < -0.39 is 0 Å². The van der Waals surface area contributed by atoms with Crippen molar-refractivity contribution >= 4 is 55.6 Å². The second kappa shape index (κ2) is 10.1. The smallest absolute Gasteiger partial charge is 0.135 e. The van der Waals surface area contributed by atoms with Gasteiger partial charge < -0.3 is 4.42 Å². The summed E-state index contributed by atoms with van der Waals surface area (Å²) in [5, 5.41) is 7.98. The van der Waals surface area contributed by atoms with Crippen molar-refractivity contribution in [2.24, 2.45) is 0 Å². The molecule has 0 fully saturated rings. The summed E-state index contributed by atoms with van der Waals surface area (Å²) in [7, 11) is 0. The van der Waals surface area contributed by atoms with E-state index in [1.54, 1.807) is 0 Å². The normalized spacial score (nSPS) is 12.7. The molecule has 1 nitrogen and oxygen atoms in total. The summed E-state index contributed by atoms with van der Waals surface area (Å²) < 4.78 is 5.65. The molecule has 0 spiro atoms. The van der Waals surface area contributed by atoms with Crippen LogP contribution in [0.4, 0.5) is 0 Å². The maximum Gasteiger partial charge on any atom is 0.135 e. The minimum atomic E-state index is 0.962. The highest BCUT2D eigenvalue weighted by atomic mass is 16.3. The fourth-order valence-corrected chi connectivity index (χ4v) is 5.82. The zero-order chi connectivity index (χ0) is 26.0. The van der Waals surface area contributed by atoms with Crippen molar-refractivity contribution in [1.29, 1.82) is 0 Å². The van der Waals surface area contributed by atoms with E-state index in [1.807, 2.05) is 36.4 Å². The lowest BCUT2D eigenvalue weighted by atomic mass is 9.93. The van der Waals surface area contributed by atoms with Crippen LogP contribution >= 0.6 is 0 Å².